The van der Waals surface area contributed by atoms with E-state index in [0.29, 0.717) is 18.2 Å². The number of nitrogens with zero attached hydrogens (tertiary/aromatic N) is 3. The fourth-order valence-corrected chi connectivity index (χ4v) is 5.68. The van der Waals surface area contributed by atoms with Gasteiger partial charge in [0.05, 0.1) is 0 Å². The number of benzene rings is 1. The average molecular weight is 571 g/mol. The maximum absolute atomic E-state index is 13.3. The Morgan fingerprint density at radius 3 is 2.10 bits per heavy atom. The zero-order valence-electron chi connectivity index (χ0n) is 23.8. The van der Waals surface area contributed by atoms with Gasteiger partial charge >= 0.3 is 0 Å². The molecule has 2 heterocycles. The molecule has 212 valence electrons. The van der Waals surface area contributed by atoms with Crippen LogP contribution in [0, 0.1) is 0 Å². The van der Waals surface area contributed by atoms with Crippen LogP contribution in [0.1, 0.15) is 65.4 Å². The standard InChI is InChI=1S/C30H42N4O3S2/c1-6-8-18-33-27(35)23(28(36)34(29(33)38)19-9-7-2)13-10-11-14-26-30(3,4)24-21-22(39-37)15-16-25(24)32(26)20-12-17-31-5/h10-11,13-16,21,31,37H,6-9,12,17-20H2,1-5H3/b11-10+,26-14+. The largest absolute Gasteiger partial charge is 0.344 e. The fraction of sp³-hybridized carbons (Fsp3) is 0.500. The van der Waals surface area contributed by atoms with Crippen molar-refractivity contribution in [3.05, 3.63) is 59.3 Å². The van der Waals surface area contributed by atoms with Crippen LogP contribution in [0.4, 0.5) is 5.69 Å². The highest BCUT2D eigenvalue weighted by Crippen LogP contribution is 2.48. The number of carbonyl (C=O) groups excluding carboxylic acids is 2. The summed E-state index contributed by atoms with van der Waals surface area (Å²) in [5.41, 5.74) is 3.29. The predicted octanol–water partition coefficient (Wildman–Crippen LogP) is 5.88. The molecule has 1 aromatic carbocycles. The van der Waals surface area contributed by atoms with Gasteiger partial charge in [0.1, 0.15) is 5.57 Å². The number of allylic oxidation sites excluding steroid dienone is 5. The summed E-state index contributed by atoms with van der Waals surface area (Å²) < 4.78 is 9.63. The van der Waals surface area contributed by atoms with E-state index in [1.807, 2.05) is 19.2 Å². The smallest absolute Gasteiger partial charge is 0.265 e. The molecule has 0 spiro atoms. The lowest BCUT2D eigenvalue weighted by atomic mass is 9.83. The van der Waals surface area contributed by atoms with Gasteiger partial charge in [0.25, 0.3) is 11.8 Å². The lowest BCUT2D eigenvalue weighted by Crippen LogP contribution is -2.56. The molecule has 1 fully saturated rings. The molecule has 39 heavy (non-hydrogen) atoms. The molecule has 0 aromatic heterocycles. The van der Waals surface area contributed by atoms with Gasteiger partial charge in [-0.1, -0.05) is 52.7 Å². The van der Waals surface area contributed by atoms with Crippen LogP contribution in [0.3, 0.4) is 0 Å². The van der Waals surface area contributed by atoms with Gasteiger partial charge in [-0.15, -0.1) is 0 Å². The molecule has 0 unspecified atom stereocenters. The van der Waals surface area contributed by atoms with Crippen molar-refractivity contribution in [2.45, 2.75) is 70.1 Å². The van der Waals surface area contributed by atoms with Crippen LogP contribution in [-0.2, 0) is 15.0 Å². The van der Waals surface area contributed by atoms with E-state index in [9.17, 15) is 14.1 Å². The minimum absolute atomic E-state index is 0.148. The Hall–Kier alpha value is -2.46. The van der Waals surface area contributed by atoms with Gasteiger partial charge < -0.3 is 14.8 Å². The molecule has 0 atom stereocenters. The van der Waals surface area contributed by atoms with E-state index in [-0.39, 0.29) is 22.8 Å². The van der Waals surface area contributed by atoms with Gasteiger partial charge in [-0.3, -0.25) is 19.4 Å². The highest BCUT2D eigenvalue weighted by molar-refractivity contribution is 7.93. The van der Waals surface area contributed by atoms with Crippen molar-refractivity contribution in [3.63, 3.8) is 0 Å². The number of unbranched alkanes of at least 4 members (excludes halogenated alkanes) is 2. The van der Waals surface area contributed by atoms with Crippen molar-refractivity contribution in [3.8, 4) is 0 Å². The lowest BCUT2D eigenvalue weighted by Gasteiger charge is -2.36. The van der Waals surface area contributed by atoms with Crippen molar-refractivity contribution in [2.75, 3.05) is 38.1 Å². The highest BCUT2D eigenvalue weighted by Gasteiger charge is 2.40. The number of hydrogen-bond acceptors (Lipinski definition) is 7. The molecule has 9 heteroatoms. The molecule has 2 aliphatic rings. The van der Waals surface area contributed by atoms with Crippen LogP contribution in [0.5, 0.6) is 0 Å². The Kier molecular flexibility index (Phi) is 11.4. The van der Waals surface area contributed by atoms with Crippen LogP contribution in [-0.4, -0.2) is 64.5 Å². The maximum Gasteiger partial charge on any atom is 0.265 e. The van der Waals surface area contributed by atoms with Crippen molar-refractivity contribution >= 4 is 46.9 Å². The Balaban J connectivity index is 1.93. The molecule has 3 rings (SSSR count). The predicted molar refractivity (Wildman–Crippen MR) is 165 cm³/mol. The van der Waals surface area contributed by atoms with Gasteiger partial charge in [0, 0.05) is 53.4 Å². The number of thiocarbonyl (C=S) groups is 1. The SMILES string of the molecule is CCCCN1C(=O)C(=C/C=C/C=C2/N(CCCNC)c3ccc(SO)cc3C2(C)C)C(=O)N(CCCC)C1=S. The fourth-order valence-electron chi connectivity index (χ4n) is 5.04. The molecule has 2 N–H and O–H groups in total. The minimum atomic E-state index is -0.320. The summed E-state index contributed by atoms with van der Waals surface area (Å²) in [4.78, 5) is 32.8. The monoisotopic (exact) mass is 570 g/mol. The second-order valence-corrected chi connectivity index (χ2v) is 11.4. The van der Waals surface area contributed by atoms with Crippen LogP contribution in [0.2, 0.25) is 0 Å². The van der Waals surface area contributed by atoms with Crippen molar-refractivity contribution < 1.29 is 14.1 Å². The van der Waals surface area contributed by atoms with Gasteiger partial charge in [0.2, 0.25) is 0 Å². The number of rotatable bonds is 13. The first-order valence-electron chi connectivity index (χ1n) is 13.9. The normalized spacial score (nSPS) is 18.2. The molecule has 0 aliphatic carbocycles. The van der Waals surface area contributed by atoms with Crippen molar-refractivity contribution in [2.24, 2.45) is 0 Å². The van der Waals surface area contributed by atoms with Gasteiger partial charge in [0.15, 0.2) is 5.11 Å². The van der Waals surface area contributed by atoms with E-state index in [2.05, 4.69) is 56.1 Å². The Bertz CT molecular complexity index is 1130. The quantitative estimate of drug-likeness (QED) is 0.101. The van der Waals surface area contributed by atoms with Gasteiger partial charge in [-0.25, -0.2) is 0 Å². The molecular weight excluding hydrogens is 528 g/mol. The second-order valence-electron chi connectivity index (χ2n) is 10.4. The summed E-state index contributed by atoms with van der Waals surface area (Å²) in [6.07, 6.45) is 11.9. The first kappa shape index (κ1) is 31.1. The summed E-state index contributed by atoms with van der Waals surface area (Å²) in [5, 5.41) is 3.53. The van der Waals surface area contributed by atoms with Gasteiger partial charge in [-0.05, 0) is 81.0 Å². The molecule has 0 saturated carbocycles. The number of nitrogens with one attached hydrogen (secondary N) is 1. The van der Waals surface area contributed by atoms with E-state index in [4.69, 9.17) is 12.2 Å². The number of carbonyl (C=O) groups is 2. The van der Waals surface area contributed by atoms with Crippen LogP contribution in [0.15, 0.2) is 58.7 Å². The molecule has 2 aliphatic heterocycles. The zero-order chi connectivity index (χ0) is 28.6. The third-order valence-electron chi connectivity index (χ3n) is 7.29. The maximum atomic E-state index is 13.3. The molecule has 1 saturated heterocycles. The van der Waals surface area contributed by atoms with Gasteiger partial charge in [-0.2, -0.15) is 0 Å². The molecular formula is C30H42N4O3S2. The third kappa shape index (κ3) is 6.82. The molecule has 7 nitrogen and oxygen atoms in total. The number of anilines is 1. The van der Waals surface area contributed by atoms with Crippen molar-refractivity contribution in [1.29, 1.82) is 0 Å². The zero-order valence-corrected chi connectivity index (χ0v) is 25.5. The minimum Gasteiger partial charge on any atom is -0.344 e. The summed E-state index contributed by atoms with van der Waals surface area (Å²) in [6.45, 7) is 11.3. The molecule has 0 radical (unpaired) electrons. The van der Waals surface area contributed by atoms with E-state index in [1.165, 1.54) is 0 Å². The molecule has 1 aromatic rings. The first-order chi connectivity index (χ1) is 18.7. The Labute approximate surface area is 243 Å². The summed E-state index contributed by atoms with van der Waals surface area (Å²) in [7, 11) is 1.95. The van der Waals surface area contributed by atoms with Crippen LogP contribution < -0.4 is 10.2 Å². The third-order valence-corrected chi connectivity index (χ3v) is 8.19. The number of amides is 2. The Morgan fingerprint density at radius 1 is 0.949 bits per heavy atom. The molecule has 2 amide bonds. The second kappa shape index (κ2) is 14.3. The average Bonchev–Trinajstić information content (AvgIpc) is 3.13. The molecule has 0 bridgehead atoms. The van der Waals surface area contributed by atoms with E-state index in [0.717, 1.165) is 79.1 Å². The van der Waals surface area contributed by atoms with Crippen LogP contribution in [0.25, 0.3) is 0 Å². The summed E-state index contributed by atoms with van der Waals surface area (Å²) >= 11 is 6.31. The summed E-state index contributed by atoms with van der Waals surface area (Å²) in [6, 6.07) is 6.06. The Morgan fingerprint density at radius 2 is 1.54 bits per heavy atom. The number of fused-ring (bicyclic) bond motifs is 1. The van der Waals surface area contributed by atoms with Crippen molar-refractivity contribution in [1.82, 2.24) is 15.1 Å². The topological polar surface area (TPSA) is 76.1 Å². The van der Waals surface area contributed by atoms with E-state index < -0.39 is 0 Å². The highest BCUT2D eigenvalue weighted by atomic mass is 32.2. The van der Waals surface area contributed by atoms with Crippen LogP contribution >= 0.6 is 24.3 Å². The lowest BCUT2D eigenvalue weighted by molar-refractivity contribution is -0.133. The summed E-state index contributed by atoms with van der Waals surface area (Å²) in [5.74, 6) is -0.639. The van der Waals surface area contributed by atoms with E-state index in [1.54, 1.807) is 22.0 Å². The number of hydrogen-bond donors (Lipinski definition) is 2. The van der Waals surface area contributed by atoms with E-state index >= 15 is 0 Å². The first-order valence-corrected chi connectivity index (χ1v) is 15.1.